The molecule has 0 saturated carbocycles. The van der Waals surface area contributed by atoms with Crippen molar-refractivity contribution in [3.63, 3.8) is 0 Å². The highest BCUT2D eigenvalue weighted by Gasteiger charge is 2.21. The highest BCUT2D eigenvalue weighted by Crippen LogP contribution is 2.14. The monoisotopic (exact) mass is 308 g/mol. The highest BCUT2D eigenvalue weighted by atomic mass is 19.1. The van der Waals surface area contributed by atoms with Gasteiger partial charge in [0.2, 0.25) is 11.8 Å². The van der Waals surface area contributed by atoms with Crippen molar-refractivity contribution in [2.45, 2.75) is 32.3 Å². The Bertz CT molecular complexity index is 513. The zero-order valence-corrected chi connectivity index (χ0v) is 12.7. The molecule has 1 fully saturated rings. The molecular weight excluding hydrogens is 287 g/mol. The van der Waals surface area contributed by atoms with E-state index in [2.05, 4.69) is 5.32 Å². The molecule has 1 heterocycles. The number of carbonyl (C=O) groups is 2. The molecule has 1 saturated heterocycles. The number of anilines is 1. The first kappa shape index (κ1) is 16.4. The second-order valence-electron chi connectivity index (χ2n) is 5.41. The quantitative estimate of drug-likeness (QED) is 0.876. The molecule has 1 aliphatic heterocycles. The Kier molecular flexibility index (Phi) is 5.89. The summed E-state index contributed by atoms with van der Waals surface area (Å²) in [5.74, 6) is -0.618. The van der Waals surface area contributed by atoms with Crippen LogP contribution in [0.25, 0.3) is 0 Å². The third-order valence-electron chi connectivity index (χ3n) is 3.63. The largest absolute Gasteiger partial charge is 0.376 e. The van der Waals surface area contributed by atoms with Crippen molar-refractivity contribution in [3.05, 3.63) is 30.1 Å². The summed E-state index contributed by atoms with van der Waals surface area (Å²) in [6, 6.07) is 5.58. The lowest BCUT2D eigenvalue weighted by molar-refractivity contribution is -0.130. The lowest BCUT2D eigenvalue weighted by atomic mass is 10.2. The molecule has 6 heteroatoms. The maximum absolute atomic E-state index is 12.8. The van der Waals surface area contributed by atoms with Crippen LogP contribution in [0.1, 0.15) is 26.2 Å². The van der Waals surface area contributed by atoms with Gasteiger partial charge in [-0.05, 0) is 37.1 Å². The molecule has 0 spiro atoms. The van der Waals surface area contributed by atoms with Gasteiger partial charge in [-0.2, -0.15) is 0 Å². The molecule has 1 aromatic carbocycles. The van der Waals surface area contributed by atoms with Gasteiger partial charge in [0.1, 0.15) is 5.82 Å². The molecule has 0 aromatic heterocycles. The Balaban J connectivity index is 1.79. The molecule has 1 aliphatic rings. The summed E-state index contributed by atoms with van der Waals surface area (Å²) in [5.41, 5.74) is 0.542. The SMILES string of the molecule is CC(=O)N(CCC(=O)Nc1ccc(F)cc1)CC1CCCO1. The number of rotatable bonds is 6. The predicted molar refractivity (Wildman–Crippen MR) is 80.9 cm³/mol. The molecule has 1 atom stereocenters. The van der Waals surface area contributed by atoms with Crippen molar-refractivity contribution >= 4 is 17.5 Å². The van der Waals surface area contributed by atoms with Crippen molar-refractivity contribution in [2.24, 2.45) is 0 Å². The molecule has 2 rings (SSSR count). The van der Waals surface area contributed by atoms with Gasteiger partial charge in [-0.25, -0.2) is 4.39 Å². The van der Waals surface area contributed by atoms with Crippen LogP contribution in [0.5, 0.6) is 0 Å². The van der Waals surface area contributed by atoms with Gasteiger partial charge in [0.15, 0.2) is 0 Å². The molecule has 1 aromatic rings. The van der Waals surface area contributed by atoms with E-state index in [0.717, 1.165) is 19.4 Å². The summed E-state index contributed by atoms with van der Waals surface area (Å²) in [4.78, 5) is 25.2. The highest BCUT2D eigenvalue weighted by molar-refractivity contribution is 5.91. The van der Waals surface area contributed by atoms with E-state index < -0.39 is 0 Å². The minimum Gasteiger partial charge on any atom is -0.376 e. The fourth-order valence-corrected chi connectivity index (χ4v) is 2.40. The van der Waals surface area contributed by atoms with Crippen molar-refractivity contribution in [3.8, 4) is 0 Å². The third kappa shape index (κ3) is 5.11. The molecule has 0 radical (unpaired) electrons. The standard InChI is InChI=1S/C16H21FN2O3/c1-12(20)19(11-15-3-2-10-22-15)9-8-16(21)18-14-6-4-13(17)5-7-14/h4-7,15H,2-3,8-11H2,1H3,(H,18,21). The van der Waals surface area contributed by atoms with E-state index in [0.29, 0.717) is 18.8 Å². The molecular formula is C16H21FN2O3. The number of benzene rings is 1. The van der Waals surface area contributed by atoms with Crippen molar-refractivity contribution in [2.75, 3.05) is 25.0 Å². The number of amides is 2. The van der Waals surface area contributed by atoms with Crippen LogP contribution >= 0.6 is 0 Å². The van der Waals surface area contributed by atoms with Crippen LogP contribution in [0, 0.1) is 5.82 Å². The zero-order valence-electron chi connectivity index (χ0n) is 12.7. The molecule has 120 valence electrons. The van der Waals surface area contributed by atoms with Gasteiger partial charge < -0.3 is 15.0 Å². The predicted octanol–water partition coefficient (Wildman–Crippen LogP) is 2.18. The Labute approximate surface area is 129 Å². The second-order valence-corrected chi connectivity index (χ2v) is 5.41. The van der Waals surface area contributed by atoms with Gasteiger partial charge in [-0.15, -0.1) is 0 Å². The van der Waals surface area contributed by atoms with Crippen LogP contribution in [-0.2, 0) is 14.3 Å². The van der Waals surface area contributed by atoms with Crippen LogP contribution in [0.3, 0.4) is 0 Å². The van der Waals surface area contributed by atoms with Gasteiger partial charge in [-0.3, -0.25) is 9.59 Å². The van der Waals surface area contributed by atoms with Crippen LogP contribution in [-0.4, -0.2) is 42.5 Å². The van der Waals surface area contributed by atoms with Gasteiger partial charge in [0.25, 0.3) is 0 Å². The summed E-state index contributed by atoms with van der Waals surface area (Å²) < 4.78 is 18.3. The first-order valence-corrected chi connectivity index (χ1v) is 7.47. The van der Waals surface area contributed by atoms with Crippen molar-refractivity contribution in [1.29, 1.82) is 0 Å². The number of hydrogen-bond acceptors (Lipinski definition) is 3. The van der Waals surface area contributed by atoms with E-state index in [4.69, 9.17) is 4.74 Å². The van der Waals surface area contributed by atoms with Crippen molar-refractivity contribution < 1.29 is 18.7 Å². The minimum atomic E-state index is -0.350. The van der Waals surface area contributed by atoms with E-state index in [9.17, 15) is 14.0 Å². The summed E-state index contributed by atoms with van der Waals surface area (Å²) in [6.45, 7) is 3.11. The Morgan fingerprint density at radius 3 is 2.68 bits per heavy atom. The Morgan fingerprint density at radius 1 is 1.36 bits per heavy atom. The first-order valence-electron chi connectivity index (χ1n) is 7.47. The normalized spacial score (nSPS) is 17.3. The lowest BCUT2D eigenvalue weighted by Crippen LogP contribution is -2.37. The van der Waals surface area contributed by atoms with Gasteiger partial charge in [0.05, 0.1) is 6.10 Å². The number of hydrogen-bond donors (Lipinski definition) is 1. The molecule has 0 bridgehead atoms. The fraction of sp³-hybridized carbons (Fsp3) is 0.500. The van der Waals surface area contributed by atoms with Crippen LogP contribution in [0.2, 0.25) is 0 Å². The van der Waals surface area contributed by atoms with Gasteiger partial charge in [-0.1, -0.05) is 0 Å². The number of ether oxygens (including phenoxy) is 1. The lowest BCUT2D eigenvalue weighted by Gasteiger charge is -2.23. The maximum atomic E-state index is 12.8. The third-order valence-corrected chi connectivity index (χ3v) is 3.63. The van der Waals surface area contributed by atoms with E-state index in [-0.39, 0.29) is 30.2 Å². The smallest absolute Gasteiger partial charge is 0.226 e. The minimum absolute atomic E-state index is 0.0647. The fourth-order valence-electron chi connectivity index (χ4n) is 2.40. The van der Waals surface area contributed by atoms with Crippen LogP contribution < -0.4 is 5.32 Å². The Hall–Kier alpha value is -1.95. The molecule has 0 aliphatic carbocycles. The number of nitrogens with one attached hydrogen (secondary N) is 1. The average Bonchev–Trinajstić information content (AvgIpc) is 2.98. The number of carbonyl (C=O) groups excluding carboxylic acids is 2. The summed E-state index contributed by atoms with van der Waals surface area (Å²) in [6.07, 6.45) is 2.24. The topological polar surface area (TPSA) is 58.6 Å². The second kappa shape index (κ2) is 7.89. The maximum Gasteiger partial charge on any atom is 0.226 e. The molecule has 1 N–H and O–H groups in total. The van der Waals surface area contributed by atoms with E-state index in [1.54, 1.807) is 4.90 Å². The first-order chi connectivity index (χ1) is 10.5. The van der Waals surface area contributed by atoms with E-state index in [1.807, 2.05) is 0 Å². The molecule has 22 heavy (non-hydrogen) atoms. The van der Waals surface area contributed by atoms with Crippen LogP contribution in [0.15, 0.2) is 24.3 Å². The summed E-state index contributed by atoms with van der Waals surface area (Å²) in [5, 5.41) is 2.68. The van der Waals surface area contributed by atoms with Gasteiger partial charge >= 0.3 is 0 Å². The number of nitrogens with zero attached hydrogens (tertiary/aromatic N) is 1. The molecule has 2 amide bonds. The number of halogens is 1. The van der Waals surface area contributed by atoms with Crippen LogP contribution in [0.4, 0.5) is 10.1 Å². The molecule has 1 unspecified atom stereocenters. The summed E-state index contributed by atoms with van der Waals surface area (Å²) in [7, 11) is 0. The van der Waals surface area contributed by atoms with E-state index >= 15 is 0 Å². The van der Waals surface area contributed by atoms with Crippen molar-refractivity contribution in [1.82, 2.24) is 4.90 Å². The Morgan fingerprint density at radius 2 is 2.09 bits per heavy atom. The average molecular weight is 308 g/mol. The van der Waals surface area contributed by atoms with Gasteiger partial charge in [0, 0.05) is 38.7 Å². The molecule has 5 nitrogen and oxygen atoms in total. The van der Waals surface area contributed by atoms with E-state index in [1.165, 1.54) is 31.2 Å². The summed E-state index contributed by atoms with van der Waals surface area (Å²) >= 11 is 0. The zero-order chi connectivity index (χ0) is 15.9.